The molecule has 5 heteroatoms. The van der Waals surface area contributed by atoms with Crippen LogP contribution in [0.2, 0.25) is 0 Å². The largest absolute Gasteiger partial charge is 0.468 e. The number of hydrogen-bond acceptors (Lipinski definition) is 4. The zero-order valence-electron chi connectivity index (χ0n) is 9.80. The molecule has 0 amide bonds. The highest BCUT2D eigenvalue weighted by Gasteiger charge is 2.14. The fourth-order valence-corrected chi connectivity index (χ4v) is 1.36. The summed E-state index contributed by atoms with van der Waals surface area (Å²) < 4.78 is 4.53. The molecule has 0 heterocycles. The molecule has 1 atom stereocenters. The van der Waals surface area contributed by atoms with E-state index in [-0.39, 0.29) is 18.2 Å². The third-order valence-electron chi connectivity index (χ3n) is 2.32. The van der Waals surface area contributed by atoms with E-state index in [9.17, 15) is 9.59 Å². The number of nitrogens with two attached hydrogens (primary N) is 1. The number of ketones is 1. The minimum atomic E-state index is -0.659. The molecule has 0 radical (unpaired) electrons. The Labute approximate surface area is 107 Å². The summed E-state index contributed by atoms with van der Waals surface area (Å²) in [5.41, 5.74) is 7.17. The summed E-state index contributed by atoms with van der Waals surface area (Å²) in [5, 5.41) is 0. The van der Waals surface area contributed by atoms with Crippen LogP contribution in [0.25, 0.3) is 0 Å². The Bertz CT molecular complexity index is 389. The molecule has 17 heavy (non-hydrogen) atoms. The highest BCUT2D eigenvalue weighted by atomic mass is 35.5. The SMILES string of the molecule is COC(=O)[C@@H](N)Cc1ccc(C(C)=O)cc1.Cl. The topological polar surface area (TPSA) is 69.4 Å². The maximum atomic E-state index is 11.1. The Balaban J connectivity index is 0.00000256. The second-order valence-electron chi connectivity index (χ2n) is 3.59. The van der Waals surface area contributed by atoms with E-state index in [4.69, 9.17) is 5.73 Å². The number of carbonyl (C=O) groups excluding carboxylic acids is 2. The van der Waals surface area contributed by atoms with Gasteiger partial charge >= 0.3 is 5.97 Å². The number of carbonyl (C=O) groups is 2. The van der Waals surface area contributed by atoms with Gasteiger partial charge in [0.25, 0.3) is 0 Å². The smallest absolute Gasteiger partial charge is 0.322 e. The number of hydrogen-bond donors (Lipinski definition) is 1. The van der Waals surface area contributed by atoms with Gasteiger partial charge < -0.3 is 10.5 Å². The molecule has 4 nitrogen and oxygen atoms in total. The maximum absolute atomic E-state index is 11.1. The predicted octanol–water partition coefficient (Wildman–Crippen LogP) is 1.35. The van der Waals surface area contributed by atoms with Crippen LogP contribution in [0.1, 0.15) is 22.8 Å². The minimum Gasteiger partial charge on any atom is -0.468 e. The number of benzene rings is 1. The molecule has 0 aliphatic carbocycles. The van der Waals surface area contributed by atoms with Gasteiger partial charge in [-0.3, -0.25) is 9.59 Å². The number of methoxy groups -OCH3 is 1. The van der Waals surface area contributed by atoms with E-state index in [0.29, 0.717) is 12.0 Å². The first-order valence-electron chi connectivity index (χ1n) is 4.98. The molecule has 94 valence electrons. The Morgan fingerprint density at radius 2 is 1.82 bits per heavy atom. The molecule has 0 spiro atoms. The zero-order chi connectivity index (χ0) is 12.1. The van der Waals surface area contributed by atoms with Gasteiger partial charge in [-0.25, -0.2) is 0 Å². The lowest BCUT2D eigenvalue weighted by atomic mass is 10.0. The van der Waals surface area contributed by atoms with Crippen molar-refractivity contribution in [2.45, 2.75) is 19.4 Å². The van der Waals surface area contributed by atoms with E-state index < -0.39 is 12.0 Å². The van der Waals surface area contributed by atoms with Crippen molar-refractivity contribution in [3.05, 3.63) is 35.4 Å². The standard InChI is InChI=1S/C12H15NO3.ClH/c1-8(14)10-5-3-9(4-6-10)7-11(13)12(15)16-2;/h3-6,11H,7,13H2,1-2H3;1H/t11-;/m0./s1. The Morgan fingerprint density at radius 3 is 2.24 bits per heavy atom. The van der Waals surface area contributed by atoms with Crippen molar-refractivity contribution in [1.82, 2.24) is 0 Å². The van der Waals surface area contributed by atoms with Crippen molar-refractivity contribution < 1.29 is 14.3 Å². The Kier molecular flexibility index (Phi) is 6.46. The van der Waals surface area contributed by atoms with Crippen molar-refractivity contribution >= 4 is 24.2 Å². The molecule has 0 bridgehead atoms. The number of rotatable bonds is 4. The van der Waals surface area contributed by atoms with E-state index in [1.54, 1.807) is 24.3 Å². The number of Topliss-reactive ketones (excluding diaryl/α,β-unsaturated/α-hetero) is 1. The molecule has 2 N–H and O–H groups in total. The van der Waals surface area contributed by atoms with Crippen LogP contribution in [-0.4, -0.2) is 24.9 Å². The van der Waals surface area contributed by atoms with Gasteiger partial charge in [-0.15, -0.1) is 12.4 Å². The summed E-state index contributed by atoms with van der Waals surface area (Å²) >= 11 is 0. The van der Waals surface area contributed by atoms with Crippen molar-refractivity contribution in [2.75, 3.05) is 7.11 Å². The predicted molar refractivity (Wildman–Crippen MR) is 67.4 cm³/mol. The lowest BCUT2D eigenvalue weighted by Gasteiger charge is -2.09. The minimum absolute atomic E-state index is 0. The summed E-state index contributed by atoms with van der Waals surface area (Å²) in [6.07, 6.45) is 0.408. The van der Waals surface area contributed by atoms with Gasteiger partial charge in [0.2, 0.25) is 0 Å². The molecule has 0 fully saturated rings. The Hall–Kier alpha value is -1.39. The van der Waals surface area contributed by atoms with Crippen LogP contribution in [-0.2, 0) is 16.0 Å². The maximum Gasteiger partial charge on any atom is 0.322 e. The third kappa shape index (κ3) is 4.54. The summed E-state index contributed by atoms with van der Waals surface area (Å²) in [4.78, 5) is 22.1. The van der Waals surface area contributed by atoms with E-state index in [0.717, 1.165) is 5.56 Å². The summed E-state index contributed by atoms with van der Waals surface area (Å²) in [6, 6.07) is 6.37. The van der Waals surface area contributed by atoms with Gasteiger partial charge in [0, 0.05) is 5.56 Å². The number of ether oxygens (including phenoxy) is 1. The first-order chi connectivity index (χ1) is 7.54. The van der Waals surface area contributed by atoms with E-state index in [1.807, 2.05) is 0 Å². The molecule has 0 aliphatic heterocycles. The van der Waals surface area contributed by atoms with Crippen molar-refractivity contribution in [3.63, 3.8) is 0 Å². The number of esters is 1. The molecule has 0 saturated carbocycles. The van der Waals surface area contributed by atoms with Gasteiger partial charge in [-0.05, 0) is 18.9 Å². The van der Waals surface area contributed by atoms with Gasteiger partial charge in [-0.2, -0.15) is 0 Å². The molecular formula is C12H16ClNO3. The number of halogens is 1. The van der Waals surface area contributed by atoms with Gasteiger partial charge in [-0.1, -0.05) is 24.3 Å². The van der Waals surface area contributed by atoms with Crippen LogP contribution < -0.4 is 5.73 Å². The monoisotopic (exact) mass is 257 g/mol. The highest BCUT2D eigenvalue weighted by molar-refractivity contribution is 5.94. The fraction of sp³-hybridized carbons (Fsp3) is 0.333. The second-order valence-corrected chi connectivity index (χ2v) is 3.59. The molecule has 1 aromatic rings. The molecule has 0 aliphatic rings. The van der Waals surface area contributed by atoms with Crippen molar-refractivity contribution in [2.24, 2.45) is 5.73 Å². The van der Waals surface area contributed by atoms with Gasteiger partial charge in [0.15, 0.2) is 5.78 Å². The normalized spacial score (nSPS) is 11.2. The molecular weight excluding hydrogens is 242 g/mol. The summed E-state index contributed by atoms with van der Waals surface area (Å²) in [6.45, 7) is 1.51. The average Bonchev–Trinajstić information content (AvgIpc) is 2.28. The van der Waals surface area contributed by atoms with Crippen LogP contribution in [0.4, 0.5) is 0 Å². The summed E-state index contributed by atoms with van der Waals surface area (Å²) in [5.74, 6) is -0.417. The van der Waals surface area contributed by atoms with Crippen molar-refractivity contribution in [3.8, 4) is 0 Å². The lowest BCUT2D eigenvalue weighted by Crippen LogP contribution is -2.33. The first-order valence-corrected chi connectivity index (χ1v) is 4.98. The van der Waals surface area contributed by atoms with Crippen LogP contribution in [0.3, 0.4) is 0 Å². The van der Waals surface area contributed by atoms with Gasteiger partial charge in [0.05, 0.1) is 7.11 Å². The first kappa shape index (κ1) is 15.6. The molecule has 1 rings (SSSR count). The van der Waals surface area contributed by atoms with Crippen LogP contribution in [0.5, 0.6) is 0 Å². The Morgan fingerprint density at radius 1 is 1.29 bits per heavy atom. The molecule has 0 unspecified atom stereocenters. The molecule has 1 aromatic carbocycles. The average molecular weight is 258 g/mol. The van der Waals surface area contributed by atoms with E-state index in [1.165, 1.54) is 14.0 Å². The van der Waals surface area contributed by atoms with Crippen molar-refractivity contribution in [1.29, 1.82) is 0 Å². The van der Waals surface area contributed by atoms with Crippen LogP contribution in [0, 0.1) is 0 Å². The summed E-state index contributed by atoms with van der Waals surface area (Å²) in [7, 11) is 1.31. The second kappa shape index (κ2) is 7.04. The molecule has 0 aromatic heterocycles. The zero-order valence-corrected chi connectivity index (χ0v) is 10.6. The van der Waals surface area contributed by atoms with E-state index in [2.05, 4.69) is 4.74 Å². The van der Waals surface area contributed by atoms with E-state index >= 15 is 0 Å². The lowest BCUT2D eigenvalue weighted by molar-refractivity contribution is -0.142. The third-order valence-corrected chi connectivity index (χ3v) is 2.32. The quantitative estimate of drug-likeness (QED) is 0.653. The van der Waals surface area contributed by atoms with Gasteiger partial charge in [0.1, 0.15) is 6.04 Å². The molecule has 0 saturated heterocycles. The fourth-order valence-electron chi connectivity index (χ4n) is 1.36. The highest BCUT2D eigenvalue weighted by Crippen LogP contribution is 2.07. The van der Waals surface area contributed by atoms with Crippen LogP contribution in [0.15, 0.2) is 24.3 Å². The van der Waals surface area contributed by atoms with Crippen LogP contribution >= 0.6 is 12.4 Å².